The van der Waals surface area contributed by atoms with Crippen LogP contribution in [0.3, 0.4) is 0 Å². The smallest absolute Gasteiger partial charge is 0.318 e. The lowest BCUT2D eigenvalue weighted by molar-refractivity contribution is 0.0997. The van der Waals surface area contributed by atoms with Gasteiger partial charge in [0.1, 0.15) is 0 Å². The Morgan fingerprint density at radius 3 is 2.41 bits per heavy atom. The third kappa shape index (κ3) is 4.34. The van der Waals surface area contributed by atoms with E-state index in [-0.39, 0.29) is 18.1 Å². The van der Waals surface area contributed by atoms with Crippen LogP contribution in [0, 0.1) is 13.8 Å². The number of fused-ring (bicyclic) bond motifs is 1. The molecule has 5 rings (SSSR count). The summed E-state index contributed by atoms with van der Waals surface area (Å²) < 4.78 is 1.98. The quantitative estimate of drug-likeness (QED) is 0.633. The molecule has 2 aromatic carbocycles. The maximum absolute atomic E-state index is 13.5. The van der Waals surface area contributed by atoms with Gasteiger partial charge in [0.2, 0.25) is 0 Å². The summed E-state index contributed by atoms with van der Waals surface area (Å²) in [5.74, 6) is 0. The summed E-state index contributed by atoms with van der Waals surface area (Å²) in [6.45, 7) is 7.80. The number of likely N-dealkylation sites (tertiary alicyclic amines) is 1. The predicted molar refractivity (Wildman–Crippen MR) is 135 cm³/mol. The Morgan fingerprint density at radius 1 is 1.00 bits per heavy atom. The standard InChI is InChI=1S/C28H35N5O/c1-20-26(21(2)31(3)30-20)19-32-17-14-24(15-18-32)33-27(23-10-5-4-6-11-23)25-12-8-7-9-22(25)13-16-29-28(33)34/h4-12,24,27H,13-19H2,1-3H3,(H,29,34). The molecule has 34 heavy (non-hydrogen) atoms. The number of aryl methyl sites for hydroxylation is 2. The van der Waals surface area contributed by atoms with E-state index in [0.717, 1.165) is 44.6 Å². The number of nitrogens with zero attached hydrogens (tertiary/aromatic N) is 4. The van der Waals surface area contributed by atoms with Gasteiger partial charge in [0.05, 0.1) is 11.7 Å². The van der Waals surface area contributed by atoms with Crippen LogP contribution in [0.25, 0.3) is 0 Å². The largest absolute Gasteiger partial charge is 0.338 e. The summed E-state index contributed by atoms with van der Waals surface area (Å²) in [4.78, 5) is 18.2. The predicted octanol–water partition coefficient (Wildman–Crippen LogP) is 4.36. The van der Waals surface area contributed by atoms with E-state index in [1.165, 1.54) is 27.9 Å². The number of carbonyl (C=O) groups is 1. The second-order valence-electron chi connectivity index (χ2n) is 9.68. The number of amides is 2. The highest BCUT2D eigenvalue weighted by Gasteiger charge is 2.36. The Morgan fingerprint density at radius 2 is 1.71 bits per heavy atom. The second-order valence-corrected chi connectivity index (χ2v) is 9.68. The molecule has 0 aliphatic carbocycles. The molecule has 1 unspecified atom stereocenters. The van der Waals surface area contributed by atoms with Crippen LogP contribution < -0.4 is 5.32 Å². The van der Waals surface area contributed by atoms with Gasteiger partial charge < -0.3 is 10.2 Å². The first-order valence-corrected chi connectivity index (χ1v) is 12.4. The molecule has 0 saturated carbocycles. The molecule has 0 radical (unpaired) electrons. The number of nitrogens with one attached hydrogen (secondary N) is 1. The average Bonchev–Trinajstić information content (AvgIpc) is 3.09. The first kappa shape index (κ1) is 22.7. The van der Waals surface area contributed by atoms with E-state index in [0.29, 0.717) is 6.54 Å². The maximum Gasteiger partial charge on any atom is 0.318 e. The first-order valence-electron chi connectivity index (χ1n) is 12.4. The molecule has 1 saturated heterocycles. The highest BCUT2D eigenvalue weighted by atomic mass is 16.2. The van der Waals surface area contributed by atoms with E-state index >= 15 is 0 Å². The van der Waals surface area contributed by atoms with Gasteiger partial charge in [-0.25, -0.2) is 4.79 Å². The Labute approximate surface area is 202 Å². The molecular formula is C28H35N5O. The van der Waals surface area contributed by atoms with Crippen molar-refractivity contribution in [1.82, 2.24) is 24.9 Å². The summed E-state index contributed by atoms with van der Waals surface area (Å²) in [7, 11) is 2.01. The molecule has 1 N–H and O–H groups in total. The van der Waals surface area contributed by atoms with Crippen LogP contribution in [-0.4, -0.2) is 51.3 Å². The SMILES string of the molecule is Cc1nn(C)c(C)c1CN1CCC(N2C(=O)NCCc3ccccc3C2c2ccccc2)CC1. The van der Waals surface area contributed by atoms with Gasteiger partial charge in [-0.1, -0.05) is 54.6 Å². The zero-order chi connectivity index (χ0) is 23.7. The molecule has 3 heterocycles. The van der Waals surface area contributed by atoms with Crippen molar-refractivity contribution in [2.75, 3.05) is 19.6 Å². The van der Waals surface area contributed by atoms with E-state index in [1.54, 1.807) is 0 Å². The van der Waals surface area contributed by atoms with Gasteiger partial charge in [0.25, 0.3) is 0 Å². The lowest BCUT2D eigenvalue weighted by Crippen LogP contribution is -2.53. The van der Waals surface area contributed by atoms with Crippen LogP contribution in [0.2, 0.25) is 0 Å². The van der Waals surface area contributed by atoms with E-state index in [2.05, 4.69) is 82.6 Å². The number of benzene rings is 2. The molecular weight excluding hydrogens is 422 g/mol. The average molecular weight is 458 g/mol. The summed E-state index contributed by atoms with van der Waals surface area (Å²) >= 11 is 0. The molecule has 2 amide bonds. The van der Waals surface area contributed by atoms with Crippen LogP contribution >= 0.6 is 0 Å². The Kier molecular flexibility index (Phi) is 6.42. The van der Waals surface area contributed by atoms with Gasteiger partial charge in [-0.2, -0.15) is 5.10 Å². The first-order chi connectivity index (χ1) is 16.5. The van der Waals surface area contributed by atoms with E-state index in [1.807, 2.05) is 17.8 Å². The molecule has 3 aromatic rings. The summed E-state index contributed by atoms with van der Waals surface area (Å²) in [5.41, 5.74) is 7.44. The van der Waals surface area contributed by atoms with Crippen LogP contribution in [0.15, 0.2) is 54.6 Å². The van der Waals surface area contributed by atoms with Gasteiger partial charge in [0.15, 0.2) is 0 Å². The number of hydrogen-bond acceptors (Lipinski definition) is 3. The minimum atomic E-state index is -0.0722. The van der Waals surface area contributed by atoms with Crippen LogP contribution in [-0.2, 0) is 20.0 Å². The number of rotatable bonds is 4. The fourth-order valence-corrected chi connectivity index (χ4v) is 5.67. The number of carbonyl (C=O) groups excluding carboxylic acids is 1. The zero-order valence-electron chi connectivity index (χ0n) is 20.5. The Bertz CT molecular complexity index is 1150. The molecule has 6 heteroatoms. The zero-order valence-corrected chi connectivity index (χ0v) is 20.5. The van der Waals surface area contributed by atoms with E-state index in [9.17, 15) is 4.79 Å². The third-order valence-electron chi connectivity index (χ3n) is 7.64. The van der Waals surface area contributed by atoms with Crippen LogP contribution in [0.1, 0.15) is 52.5 Å². The number of aromatic nitrogens is 2. The van der Waals surface area contributed by atoms with Gasteiger partial charge in [-0.05, 0) is 49.8 Å². The Balaban J connectivity index is 1.41. The van der Waals surface area contributed by atoms with Crippen molar-refractivity contribution in [3.8, 4) is 0 Å². The number of hydrogen-bond donors (Lipinski definition) is 1. The normalized spacial score (nSPS) is 19.9. The van der Waals surface area contributed by atoms with Crippen molar-refractivity contribution in [3.63, 3.8) is 0 Å². The van der Waals surface area contributed by atoms with Gasteiger partial charge in [0, 0.05) is 50.5 Å². The topological polar surface area (TPSA) is 53.4 Å². The lowest BCUT2D eigenvalue weighted by Gasteiger charge is -2.44. The molecule has 0 bridgehead atoms. The van der Waals surface area contributed by atoms with Crippen LogP contribution in [0.4, 0.5) is 4.79 Å². The van der Waals surface area contributed by atoms with Crippen molar-refractivity contribution in [3.05, 3.63) is 88.2 Å². The molecule has 2 aliphatic heterocycles. The van der Waals surface area contributed by atoms with Crippen molar-refractivity contribution in [1.29, 1.82) is 0 Å². The van der Waals surface area contributed by atoms with Crippen molar-refractivity contribution in [2.45, 2.75) is 51.7 Å². The maximum atomic E-state index is 13.5. The highest BCUT2D eigenvalue weighted by molar-refractivity contribution is 5.76. The molecule has 6 nitrogen and oxygen atoms in total. The second kappa shape index (κ2) is 9.63. The third-order valence-corrected chi connectivity index (χ3v) is 7.64. The van der Waals surface area contributed by atoms with Crippen molar-refractivity contribution in [2.24, 2.45) is 7.05 Å². The lowest BCUT2D eigenvalue weighted by atomic mass is 9.89. The van der Waals surface area contributed by atoms with Gasteiger partial charge in [-0.15, -0.1) is 0 Å². The number of urea groups is 1. The Hall–Kier alpha value is -3.12. The molecule has 178 valence electrons. The summed E-state index contributed by atoms with van der Waals surface area (Å²) in [5, 5.41) is 7.79. The van der Waals surface area contributed by atoms with E-state index in [4.69, 9.17) is 0 Å². The van der Waals surface area contributed by atoms with Gasteiger partial charge >= 0.3 is 6.03 Å². The minimum absolute atomic E-state index is 0.0563. The summed E-state index contributed by atoms with van der Waals surface area (Å²) in [6, 6.07) is 19.3. The molecule has 1 fully saturated rings. The fourth-order valence-electron chi connectivity index (χ4n) is 5.67. The molecule has 1 aromatic heterocycles. The molecule has 2 aliphatic rings. The molecule has 0 spiro atoms. The van der Waals surface area contributed by atoms with Crippen molar-refractivity contribution < 1.29 is 4.79 Å². The summed E-state index contributed by atoms with van der Waals surface area (Å²) in [6.07, 6.45) is 2.80. The van der Waals surface area contributed by atoms with Gasteiger partial charge in [-0.3, -0.25) is 9.58 Å². The molecule has 1 atom stereocenters. The van der Waals surface area contributed by atoms with Crippen LogP contribution in [0.5, 0.6) is 0 Å². The highest BCUT2D eigenvalue weighted by Crippen LogP contribution is 2.36. The number of piperidine rings is 1. The van der Waals surface area contributed by atoms with E-state index < -0.39 is 0 Å². The fraction of sp³-hybridized carbons (Fsp3) is 0.429. The van der Waals surface area contributed by atoms with Crippen molar-refractivity contribution >= 4 is 6.03 Å². The monoisotopic (exact) mass is 457 g/mol. The minimum Gasteiger partial charge on any atom is -0.338 e.